The number of hydrogen-bond acceptors (Lipinski definition) is 4. The maximum Gasteiger partial charge on any atom is 0.410 e. The van der Waals surface area contributed by atoms with Crippen molar-refractivity contribution in [1.29, 1.82) is 0 Å². The zero-order chi connectivity index (χ0) is 23.0. The third-order valence-electron chi connectivity index (χ3n) is 5.37. The van der Waals surface area contributed by atoms with Gasteiger partial charge in [-0.2, -0.15) is 18.3 Å². The first-order valence-corrected chi connectivity index (χ1v) is 10.2. The first kappa shape index (κ1) is 22.0. The van der Waals surface area contributed by atoms with E-state index in [4.69, 9.17) is 16.3 Å². The fourth-order valence-electron chi connectivity index (χ4n) is 3.69. The highest BCUT2D eigenvalue weighted by molar-refractivity contribution is 6.32. The van der Waals surface area contributed by atoms with E-state index in [-0.39, 0.29) is 22.8 Å². The fraction of sp³-hybridized carbons (Fsp3) is 0.273. The molecule has 1 aliphatic rings. The maximum atomic E-state index is 13.8. The number of fused-ring (bicyclic) bond motifs is 1. The minimum atomic E-state index is -4.52. The summed E-state index contributed by atoms with van der Waals surface area (Å²) in [4.78, 5) is 12.9. The molecule has 1 amide bonds. The zero-order valence-corrected chi connectivity index (χ0v) is 18.0. The van der Waals surface area contributed by atoms with Crippen LogP contribution in [0.15, 0.2) is 48.7 Å². The van der Waals surface area contributed by atoms with Gasteiger partial charge >= 0.3 is 6.18 Å². The first-order chi connectivity index (χ1) is 15.2. The number of alkyl halides is 3. The molecule has 3 aromatic rings. The molecule has 0 radical (unpaired) electrons. The Morgan fingerprint density at radius 2 is 1.97 bits per heavy atom. The Morgan fingerprint density at radius 1 is 1.25 bits per heavy atom. The van der Waals surface area contributed by atoms with Crippen molar-refractivity contribution in [3.8, 4) is 5.75 Å². The van der Waals surface area contributed by atoms with Crippen molar-refractivity contribution >= 4 is 29.0 Å². The quantitative estimate of drug-likeness (QED) is 0.514. The van der Waals surface area contributed by atoms with Crippen molar-refractivity contribution in [3.63, 3.8) is 0 Å². The van der Waals surface area contributed by atoms with Gasteiger partial charge in [0.1, 0.15) is 17.1 Å². The standard InChI is InChI=1S/C22H20ClF3N4O2/c1-12-3-5-13(6-4-12)17-10-19(22(24,25)26)30-20(29-17)15(11-27-30)21(31)28-14-7-8-18(32-2)16(23)9-14/h3-9,11,17,19,29H,10H2,1-2H3,(H,28,31)/t17-,19+/m1/s1. The third kappa shape index (κ3) is 4.25. The second-order valence-corrected chi connectivity index (χ2v) is 7.96. The minimum absolute atomic E-state index is 0.00278. The number of aromatic nitrogens is 2. The lowest BCUT2D eigenvalue weighted by Gasteiger charge is -2.34. The molecule has 4 rings (SSSR count). The molecule has 1 aromatic heterocycles. The van der Waals surface area contributed by atoms with Gasteiger partial charge in [0.25, 0.3) is 5.91 Å². The van der Waals surface area contributed by atoms with Gasteiger partial charge in [0, 0.05) is 12.1 Å². The smallest absolute Gasteiger partial charge is 0.410 e. The maximum absolute atomic E-state index is 13.8. The summed E-state index contributed by atoms with van der Waals surface area (Å²) in [6.45, 7) is 1.90. The molecule has 0 unspecified atom stereocenters. The molecule has 0 bridgehead atoms. The first-order valence-electron chi connectivity index (χ1n) is 9.79. The van der Waals surface area contributed by atoms with Crippen LogP contribution < -0.4 is 15.4 Å². The Hall–Kier alpha value is -3.20. The Morgan fingerprint density at radius 3 is 2.59 bits per heavy atom. The van der Waals surface area contributed by atoms with E-state index in [1.54, 1.807) is 24.3 Å². The lowest BCUT2D eigenvalue weighted by atomic mass is 9.96. The van der Waals surface area contributed by atoms with Gasteiger partial charge in [-0.1, -0.05) is 41.4 Å². The van der Waals surface area contributed by atoms with Crippen LogP contribution in [-0.4, -0.2) is 29.0 Å². The number of nitrogens with one attached hydrogen (secondary N) is 2. The number of benzene rings is 2. The molecule has 2 N–H and O–H groups in total. The van der Waals surface area contributed by atoms with Crippen molar-refractivity contribution in [2.45, 2.75) is 31.6 Å². The normalized spacial score (nSPS) is 17.9. The minimum Gasteiger partial charge on any atom is -0.495 e. The van der Waals surface area contributed by atoms with Gasteiger partial charge in [-0.3, -0.25) is 4.79 Å². The Balaban J connectivity index is 1.66. The second-order valence-electron chi connectivity index (χ2n) is 7.56. The summed E-state index contributed by atoms with van der Waals surface area (Å²) in [6.07, 6.45) is -3.63. The molecular formula is C22H20ClF3N4O2. The predicted molar refractivity (Wildman–Crippen MR) is 115 cm³/mol. The molecule has 6 nitrogen and oxygen atoms in total. The van der Waals surface area contributed by atoms with E-state index in [0.717, 1.165) is 16.4 Å². The summed E-state index contributed by atoms with van der Waals surface area (Å²) in [6, 6.07) is 9.41. The predicted octanol–water partition coefficient (Wildman–Crippen LogP) is 5.77. The van der Waals surface area contributed by atoms with Crippen molar-refractivity contribution in [2.75, 3.05) is 17.7 Å². The van der Waals surface area contributed by atoms with Crippen LogP contribution in [0.5, 0.6) is 5.75 Å². The van der Waals surface area contributed by atoms with Crippen molar-refractivity contribution < 1.29 is 22.7 Å². The van der Waals surface area contributed by atoms with Crippen LogP contribution in [0.4, 0.5) is 24.7 Å². The Bertz CT molecular complexity index is 1150. The number of carbonyl (C=O) groups is 1. The van der Waals surface area contributed by atoms with Crippen LogP contribution >= 0.6 is 11.6 Å². The van der Waals surface area contributed by atoms with Gasteiger partial charge in [0.15, 0.2) is 6.04 Å². The molecule has 0 saturated carbocycles. The summed E-state index contributed by atoms with van der Waals surface area (Å²) in [5.74, 6) is -0.157. The molecule has 0 fully saturated rings. The number of ether oxygens (including phenoxy) is 1. The number of carbonyl (C=O) groups excluding carboxylic acids is 1. The van der Waals surface area contributed by atoms with Gasteiger partial charge < -0.3 is 15.4 Å². The Labute approximate surface area is 187 Å². The van der Waals surface area contributed by atoms with E-state index in [0.29, 0.717) is 17.0 Å². The average molecular weight is 465 g/mol. The van der Waals surface area contributed by atoms with Crippen LogP contribution in [0.25, 0.3) is 0 Å². The Kier molecular flexibility index (Phi) is 5.77. The number of methoxy groups -OCH3 is 1. The topological polar surface area (TPSA) is 68.2 Å². The van der Waals surface area contributed by atoms with E-state index < -0.39 is 24.2 Å². The van der Waals surface area contributed by atoms with E-state index in [1.807, 2.05) is 19.1 Å². The van der Waals surface area contributed by atoms with Crippen molar-refractivity contribution in [3.05, 3.63) is 70.4 Å². The molecule has 2 heterocycles. The summed E-state index contributed by atoms with van der Waals surface area (Å²) >= 11 is 6.09. The number of aryl methyl sites for hydroxylation is 1. The highest BCUT2D eigenvalue weighted by Gasteiger charge is 2.47. The van der Waals surface area contributed by atoms with Crippen LogP contribution in [-0.2, 0) is 0 Å². The molecule has 0 spiro atoms. The molecule has 2 atom stereocenters. The lowest BCUT2D eigenvalue weighted by Crippen LogP contribution is -2.36. The van der Waals surface area contributed by atoms with Crippen LogP contribution in [0.2, 0.25) is 5.02 Å². The molecule has 10 heteroatoms. The average Bonchev–Trinajstić information content (AvgIpc) is 3.17. The number of halogens is 4. The highest BCUT2D eigenvalue weighted by Crippen LogP contribution is 2.44. The zero-order valence-electron chi connectivity index (χ0n) is 17.2. The van der Waals surface area contributed by atoms with Gasteiger partial charge in [-0.25, -0.2) is 4.68 Å². The fourth-order valence-corrected chi connectivity index (χ4v) is 3.95. The second kappa shape index (κ2) is 8.38. The van der Waals surface area contributed by atoms with Crippen LogP contribution in [0, 0.1) is 6.92 Å². The number of anilines is 2. The van der Waals surface area contributed by atoms with Crippen LogP contribution in [0.3, 0.4) is 0 Å². The molecule has 32 heavy (non-hydrogen) atoms. The van der Waals surface area contributed by atoms with Gasteiger partial charge in [-0.05, 0) is 30.7 Å². The molecular weight excluding hydrogens is 445 g/mol. The monoisotopic (exact) mass is 464 g/mol. The van der Waals surface area contributed by atoms with E-state index in [9.17, 15) is 18.0 Å². The largest absolute Gasteiger partial charge is 0.495 e. The number of rotatable bonds is 4. The van der Waals surface area contributed by atoms with Crippen molar-refractivity contribution in [2.24, 2.45) is 0 Å². The molecule has 1 aliphatic heterocycles. The van der Waals surface area contributed by atoms with Crippen molar-refractivity contribution in [1.82, 2.24) is 9.78 Å². The summed E-state index contributed by atoms with van der Waals surface area (Å²) in [5, 5.41) is 9.89. The van der Waals surface area contributed by atoms with E-state index in [1.165, 1.54) is 13.2 Å². The molecule has 0 aliphatic carbocycles. The number of nitrogens with zero attached hydrogens (tertiary/aromatic N) is 2. The van der Waals surface area contributed by atoms with Gasteiger partial charge in [-0.15, -0.1) is 0 Å². The van der Waals surface area contributed by atoms with E-state index >= 15 is 0 Å². The molecule has 2 aromatic carbocycles. The molecule has 0 saturated heterocycles. The lowest BCUT2D eigenvalue weighted by molar-refractivity contribution is -0.173. The van der Waals surface area contributed by atoms with Gasteiger partial charge in [0.05, 0.1) is 24.4 Å². The summed E-state index contributed by atoms with van der Waals surface area (Å²) < 4.78 is 47.4. The van der Waals surface area contributed by atoms with Gasteiger partial charge in [0.2, 0.25) is 0 Å². The third-order valence-corrected chi connectivity index (χ3v) is 5.67. The summed E-state index contributed by atoms with van der Waals surface area (Å²) in [5.41, 5.74) is 2.08. The number of hydrogen-bond donors (Lipinski definition) is 2. The SMILES string of the molecule is COc1ccc(NC(=O)c2cnn3c2N[C@@H](c2ccc(C)cc2)C[C@H]3C(F)(F)F)cc1Cl. The highest BCUT2D eigenvalue weighted by atomic mass is 35.5. The van der Waals surface area contributed by atoms with Crippen LogP contribution in [0.1, 0.15) is 40.0 Å². The molecule has 168 valence electrons. The summed E-state index contributed by atoms with van der Waals surface area (Å²) in [7, 11) is 1.46. The van der Waals surface area contributed by atoms with E-state index in [2.05, 4.69) is 15.7 Å². The number of amides is 1.